The Hall–Kier alpha value is -2.36. The van der Waals surface area contributed by atoms with Gasteiger partial charge in [-0.3, -0.25) is 19.6 Å². The van der Waals surface area contributed by atoms with E-state index in [1.807, 2.05) is 0 Å². The minimum atomic E-state index is -0.506. The maximum absolute atomic E-state index is 11.4. The van der Waals surface area contributed by atoms with Crippen LogP contribution < -0.4 is 5.32 Å². The molecule has 17 heavy (non-hydrogen) atoms. The van der Waals surface area contributed by atoms with Gasteiger partial charge in [-0.25, -0.2) is 0 Å². The van der Waals surface area contributed by atoms with Crippen LogP contribution in [0.1, 0.15) is 11.4 Å². The topological polar surface area (TPSA) is 90.1 Å². The summed E-state index contributed by atoms with van der Waals surface area (Å²) in [6.07, 6.45) is 4.99. The first kappa shape index (κ1) is 12.7. The molecule has 90 valence electrons. The average molecular weight is 236 g/mol. The predicted molar refractivity (Wildman–Crippen MR) is 60.2 cm³/mol. The third-order valence-electron chi connectivity index (χ3n) is 2.21. The highest BCUT2D eigenvalue weighted by atomic mass is 16.6. The van der Waals surface area contributed by atoms with Crippen molar-refractivity contribution in [2.75, 3.05) is 6.54 Å². The van der Waals surface area contributed by atoms with Crippen molar-refractivity contribution in [3.05, 3.63) is 21.5 Å². The largest absolute Gasteiger partial charge is 0.344 e. The molecule has 0 atom stereocenters. The van der Waals surface area contributed by atoms with Crippen LogP contribution in [-0.2, 0) is 11.3 Å². The molecule has 0 bridgehead atoms. The van der Waals surface area contributed by atoms with Crippen LogP contribution in [0.4, 0.5) is 5.69 Å². The molecule has 1 aromatic heterocycles. The van der Waals surface area contributed by atoms with Crippen molar-refractivity contribution in [1.29, 1.82) is 0 Å². The highest BCUT2D eigenvalue weighted by molar-refractivity contribution is 5.76. The third-order valence-corrected chi connectivity index (χ3v) is 2.21. The van der Waals surface area contributed by atoms with E-state index in [-0.39, 0.29) is 30.4 Å². The van der Waals surface area contributed by atoms with E-state index in [0.29, 0.717) is 5.69 Å². The van der Waals surface area contributed by atoms with Crippen LogP contribution in [0.3, 0.4) is 0 Å². The Morgan fingerprint density at radius 3 is 2.76 bits per heavy atom. The summed E-state index contributed by atoms with van der Waals surface area (Å²) in [5, 5.41) is 17.1. The fraction of sp³-hybridized carbons (Fsp3) is 0.400. The normalized spacial score (nSPS) is 9.71. The Morgan fingerprint density at radius 1 is 1.65 bits per heavy atom. The van der Waals surface area contributed by atoms with Gasteiger partial charge in [-0.2, -0.15) is 5.10 Å². The van der Waals surface area contributed by atoms with E-state index < -0.39 is 4.92 Å². The van der Waals surface area contributed by atoms with Crippen LogP contribution >= 0.6 is 0 Å². The number of amides is 1. The Labute approximate surface area is 98.0 Å². The van der Waals surface area contributed by atoms with Gasteiger partial charge < -0.3 is 5.32 Å². The van der Waals surface area contributed by atoms with Crippen LogP contribution in [0.5, 0.6) is 0 Å². The molecular formula is C10H12N4O3. The molecule has 0 aliphatic carbocycles. The minimum absolute atomic E-state index is 0.0604. The van der Waals surface area contributed by atoms with E-state index in [2.05, 4.69) is 16.3 Å². The molecule has 0 aliphatic heterocycles. The fourth-order valence-electron chi connectivity index (χ4n) is 1.45. The van der Waals surface area contributed by atoms with Crippen molar-refractivity contribution in [3.63, 3.8) is 0 Å². The van der Waals surface area contributed by atoms with Crippen molar-refractivity contribution in [2.24, 2.45) is 0 Å². The van der Waals surface area contributed by atoms with Crippen molar-refractivity contribution >= 4 is 11.6 Å². The number of rotatable bonds is 4. The van der Waals surface area contributed by atoms with E-state index in [9.17, 15) is 14.9 Å². The monoisotopic (exact) mass is 236 g/mol. The standard InChI is InChI=1S/C10H12N4O3/c1-4-5-11-9(15)6-13-8(3)10(14(16)17)7(2)12-13/h1H,5-6H2,2-3H3,(H,11,15). The summed E-state index contributed by atoms with van der Waals surface area (Å²) in [6.45, 7) is 3.12. The van der Waals surface area contributed by atoms with Crippen molar-refractivity contribution in [3.8, 4) is 12.3 Å². The van der Waals surface area contributed by atoms with Crippen LogP contribution in [-0.4, -0.2) is 27.2 Å². The van der Waals surface area contributed by atoms with E-state index in [1.54, 1.807) is 6.92 Å². The second-order valence-electron chi connectivity index (χ2n) is 3.42. The van der Waals surface area contributed by atoms with Gasteiger partial charge in [0.1, 0.15) is 17.9 Å². The zero-order chi connectivity index (χ0) is 13.0. The van der Waals surface area contributed by atoms with Crippen molar-refractivity contribution < 1.29 is 9.72 Å². The second-order valence-corrected chi connectivity index (χ2v) is 3.42. The second kappa shape index (κ2) is 5.12. The summed E-state index contributed by atoms with van der Waals surface area (Å²) >= 11 is 0. The number of nitrogens with one attached hydrogen (secondary N) is 1. The summed E-state index contributed by atoms with van der Waals surface area (Å²) in [5.74, 6) is 1.93. The van der Waals surface area contributed by atoms with Gasteiger partial charge in [0.15, 0.2) is 0 Å². The fourth-order valence-corrected chi connectivity index (χ4v) is 1.45. The molecule has 0 spiro atoms. The first-order valence-electron chi connectivity index (χ1n) is 4.86. The smallest absolute Gasteiger partial charge is 0.312 e. The highest BCUT2D eigenvalue weighted by Gasteiger charge is 2.22. The summed E-state index contributed by atoms with van der Waals surface area (Å²) < 4.78 is 1.29. The first-order chi connectivity index (χ1) is 7.97. The number of carbonyl (C=O) groups is 1. The lowest BCUT2D eigenvalue weighted by Crippen LogP contribution is -2.28. The summed E-state index contributed by atoms with van der Waals surface area (Å²) in [5.41, 5.74) is 0.579. The van der Waals surface area contributed by atoms with Gasteiger partial charge >= 0.3 is 5.69 Å². The zero-order valence-corrected chi connectivity index (χ0v) is 9.56. The number of terminal acetylenes is 1. The molecule has 0 unspecified atom stereocenters. The Balaban J connectivity index is 2.87. The molecule has 0 saturated carbocycles. The SMILES string of the molecule is C#CCNC(=O)Cn1nc(C)c([N+](=O)[O-])c1C. The lowest BCUT2D eigenvalue weighted by Gasteiger charge is -2.03. The number of aryl methyl sites for hydroxylation is 1. The zero-order valence-electron chi connectivity index (χ0n) is 9.56. The Morgan fingerprint density at radius 2 is 2.29 bits per heavy atom. The predicted octanol–water partition coefficient (Wildman–Crippen LogP) is 0.158. The Kier molecular flexibility index (Phi) is 3.82. The van der Waals surface area contributed by atoms with Gasteiger partial charge in [-0.15, -0.1) is 6.42 Å². The molecule has 0 aromatic carbocycles. The molecule has 0 radical (unpaired) electrons. The van der Waals surface area contributed by atoms with Crippen LogP contribution in [0.15, 0.2) is 0 Å². The molecule has 0 saturated heterocycles. The van der Waals surface area contributed by atoms with E-state index in [1.165, 1.54) is 11.6 Å². The van der Waals surface area contributed by atoms with E-state index in [4.69, 9.17) is 6.42 Å². The van der Waals surface area contributed by atoms with Crippen LogP contribution in [0, 0.1) is 36.3 Å². The van der Waals surface area contributed by atoms with Crippen molar-refractivity contribution in [1.82, 2.24) is 15.1 Å². The summed E-state index contributed by atoms with van der Waals surface area (Å²) in [4.78, 5) is 21.6. The van der Waals surface area contributed by atoms with Gasteiger partial charge in [0, 0.05) is 0 Å². The lowest BCUT2D eigenvalue weighted by atomic mass is 10.3. The third kappa shape index (κ3) is 2.81. The number of nitro groups is 1. The average Bonchev–Trinajstić information content (AvgIpc) is 2.51. The molecule has 7 nitrogen and oxygen atoms in total. The number of hydrogen-bond donors (Lipinski definition) is 1. The number of nitrogens with zero attached hydrogens (tertiary/aromatic N) is 3. The van der Waals surface area contributed by atoms with E-state index >= 15 is 0 Å². The summed E-state index contributed by atoms with van der Waals surface area (Å²) in [6, 6.07) is 0. The van der Waals surface area contributed by atoms with Gasteiger partial charge in [0.05, 0.1) is 11.5 Å². The number of hydrogen-bond acceptors (Lipinski definition) is 4. The maximum Gasteiger partial charge on any atom is 0.312 e. The molecule has 1 amide bonds. The molecule has 0 fully saturated rings. The molecule has 1 rings (SSSR count). The van der Waals surface area contributed by atoms with Gasteiger partial charge in [0.25, 0.3) is 0 Å². The quantitative estimate of drug-likeness (QED) is 0.458. The molecule has 7 heteroatoms. The number of aromatic nitrogens is 2. The maximum atomic E-state index is 11.4. The van der Waals surface area contributed by atoms with Gasteiger partial charge in [0.2, 0.25) is 5.91 Å². The lowest BCUT2D eigenvalue weighted by molar-refractivity contribution is -0.386. The van der Waals surface area contributed by atoms with Gasteiger partial charge in [-0.05, 0) is 13.8 Å². The summed E-state index contributed by atoms with van der Waals surface area (Å²) in [7, 11) is 0. The minimum Gasteiger partial charge on any atom is -0.344 e. The molecular weight excluding hydrogens is 224 g/mol. The highest BCUT2D eigenvalue weighted by Crippen LogP contribution is 2.21. The molecule has 1 heterocycles. The van der Waals surface area contributed by atoms with Crippen LogP contribution in [0.25, 0.3) is 0 Å². The molecule has 1 N–H and O–H groups in total. The van der Waals surface area contributed by atoms with Crippen molar-refractivity contribution in [2.45, 2.75) is 20.4 Å². The Bertz CT molecular complexity index is 498. The van der Waals surface area contributed by atoms with Crippen LogP contribution in [0.2, 0.25) is 0 Å². The first-order valence-corrected chi connectivity index (χ1v) is 4.86. The van der Waals surface area contributed by atoms with Gasteiger partial charge in [-0.1, -0.05) is 5.92 Å². The van der Waals surface area contributed by atoms with E-state index in [0.717, 1.165) is 0 Å². The molecule has 0 aliphatic rings. The molecule has 1 aromatic rings. The number of carbonyl (C=O) groups excluding carboxylic acids is 1.